The smallest absolute Gasteiger partial charge is 0.262 e. The Kier molecular flexibility index (Phi) is 5.93. The molecule has 3 aromatic rings. The molecule has 1 unspecified atom stereocenters. The number of nitrogens with one attached hydrogen (secondary N) is 3. The van der Waals surface area contributed by atoms with Crippen molar-refractivity contribution in [2.75, 3.05) is 23.8 Å². The predicted octanol–water partition coefficient (Wildman–Crippen LogP) is 3.30. The fourth-order valence-corrected chi connectivity index (χ4v) is 3.89. The van der Waals surface area contributed by atoms with Crippen molar-refractivity contribution in [3.63, 3.8) is 0 Å². The molecule has 9 heteroatoms. The van der Waals surface area contributed by atoms with E-state index in [1.54, 1.807) is 30.3 Å². The maximum atomic E-state index is 12.3. The lowest BCUT2D eigenvalue weighted by Crippen LogP contribution is -2.30. The van der Waals surface area contributed by atoms with E-state index in [4.69, 9.17) is 10.00 Å². The monoisotopic (exact) mass is 433 g/mol. The quantitative estimate of drug-likeness (QED) is 0.549. The van der Waals surface area contributed by atoms with Gasteiger partial charge >= 0.3 is 0 Å². The number of thiazole rings is 1. The Bertz CT molecular complexity index is 1170. The van der Waals surface area contributed by atoms with Crippen molar-refractivity contribution in [2.24, 2.45) is 0 Å². The summed E-state index contributed by atoms with van der Waals surface area (Å²) in [4.78, 5) is 28.4. The minimum atomic E-state index is -0.227. The van der Waals surface area contributed by atoms with Crippen molar-refractivity contribution in [3.8, 4) is 23.1 Å². The number of carbonyl (C=O) groups is 2. The fourth-order valence-electron chi connectivity index (χ4n) is 3.03. The molecule has 2 amide bonds. The number of anilines is 2. The Hall–Kier alpha value is -3.74. The van der Waals surface area contributed by atoms with Crippen LogP contribution in [0, 0.1) is 11.3 Å². The highest BCUT2D eigenvalue weighted by molar-refractivity contribution is 7.10. The van der Waals surface area contributed by atoms with Crippen LogP contribution in [0.5, 0.6) is 5.75 Å². The molecule has 0 spiro atoms. The highest BCUT2D eigenvalue weighted by Gasteiger charge is 2.17. The SMILES string of the molecule is CC(NCC(=O)Nc1ccc2c(c1)NC(=O)CO2)c1nc(-c2ccc(C#N)cc2)cs1. The van der Waals surface area contributed by atoms with Crippen LogP contribution < -0.4 is 20.7 Å². The molecule has 1 aromatic heterocycles. The number of rotatable bonds is 6. The molecule has 4 rings (SSSR count). The Morgan fingerprint density at radius 3 is 2.90 bits per heavy atom. The van der Waals surface area contributed by atoms with Crippen molar-refractivity contribution in [2.45, 2.75) is 13.0 Å². The van der Waals surface area contributed by atoms with Crippen LogP contribution in [0.25, 0.3) is 11.3 Å². The number of fused-ring (bicyclic) bond motifs is 1. The van der Waals surface area contributed by atoms with Crippen LogP contribution in [0.4, 0.5) is 11.4 Å². The first kappa shape index (κ1) is 20.5. The fraction of sp³-hybridized carbons (Fsp3) is 0.182. The van der Waals surface area contributed by atoms with E-state index in [2.05, 4.69) is 27.0 Å². The standard InChI is InChI=1S/C22H19N5O3S/c1-13(22-27-18(12-31-22)15-4-2-14(9-23)3-5-15)24-10-20(28)25-16-6-7-19-17(8-16)26-21(29)11-30-19/h2-8,12-13,24H,10-11H2,1H3,(H,25,28)(H,26,29). The van der Waals surface area contributed by atoms with Crippen molar-refractivity contribution in [3.05, 3.63) is 58.4 Å². The number of benzene rings is 2. The normalized spacial score (nSPS) is 13.4. The second-order valence-corrected chi connectivity index (χ2v) is 7.85. The predicted molar refractivity (Wildman–Crippen MR) is 118 cm³/mol. The Morgan fingerprint density at radius 1 is 1.32 bits per heavy atom. The van der Waals surface area contributed by atoms with Gasteiger partial charge in [0.05, 0.1) is 35.6 Å². The van der Waals surface area contributed by atoms with E-state index < -0.39 is 0 Å². The Labute approximate surface area is 182 Å². The summed E-state index contributed by atoms with van der Waals surface area (Å²) in [7, 11) is 0. The minimum absolute atomic E-state index is 0.00976. The molecule has 156 valence electrons. The van der Waals surface area contributed by atoms with Crippen LogP contribution in [-0.4, -0.2) is 29.9 Å². The average molecular weight is 433 g/mol. The van der Waals surface area contributed by atoms with Crippen LogP contribution in [0.2, 0.25) is 0 Å². The number of amides is 2. The van der Waals surface area contributed by atoms with Gasteiger partial charge in [0, 0.05) is 16.6 Å². The third kappa shape index (κ3) is 4.88. The molecule has 1 aliphatic heterocycles. The van der Waals surface area contributed by atoms with Gasteiger partial charge in [-0.15, -0.1) is 11.3 Å². The van der Waals surface area contributed by atoms with E-state index in [1.807, 2.05) is 24.4 Å². The van der Waals surface area contributed by atoms with E-state index in [-0.39, 0.29) is 31.0 Å². The number of hydrogen-bond donors (Lipinski definition) is 3. The number of nitrogens with zero attached hydrogens (tertiary/aromatic N) is 2. The Balaban J connectivity index is 1.32. The van der Waals surface area contributed by atoms with E-state index in [0.717, 1.165) is 16.3 Å². The van der Waals surface area contributed by atoms with Crippen molar-refractivity contribution < 1.29 is 14.3 Å². The minimum Gasteiger partial charge on any atom is -0.482 e. The third-order valence-electron chi connectivity index (χ3n) is 4.67. The van der Waals surface area contributed by atoms with Gasteiger partial charge in [-0.3, -0.25) is 14.9 Å². The van der Waals surface area contributed by atoms with E-state index in [1.165, 1.54) is 11.3 Å². The molecule has 0 bridgehead atoms. The molecule has 2 aromatic carbocycles. The molecule has 0 fully saturated rings. The van der Waals surface area contributed by atoms with Gasteiger partial charge in [-0.1, -0.05) is 12.1 Å². The van der Waals surface area contributed by atoms with Gasteiger partial charge in [0.1, 0.15) is 10.8 Å². The molecular weight excluding hydrogens is 414 g/mol. The molecule has 31 heavy (non-hydrogen) atoms. The van der Waals surface area contributed by atoms with Gasteiger partial charge in [-0.05, 0) is 37.3 Å². The first-order valence-corrected chi connectivity index (χ1v) is 10.5. The number of hydrogen-bond acceptors (Lipinski definition) is 7. The lowest BCUT2D eigenvalue weighted by Gasteiger charge is -2.18. The van der Waals surface area contributed by atoms with E-state index in [0.29, 0.717) is 22.7 Å². The third-order valence-corrected chi connectivity index (χ3v) is 5.69. The van der Waals surface area contributed by atoms with Gasteiger partial charge in [0.15, 0.2) is 6.61 Å². The number of carbonyl (C=O) groups excluding carboxylic acids is 2. The van der Waals surface area contributed by atoms with Crippen molar-refractivity contribution in [1.29, 1.82) is 5.26 Å². The molecule has 0 saturated heterocycles. The second-order valence-electron chi connectivity index (χ2n) is 6.96. The number of nitriles is 1. The average Bonchev–Trinajstić information content (AvgIpc) is 3.28. The summed E-state index contributed by atoms with van der Waals surface area (Å²) in [6, 6.07) is 14.4. The first-order chi connectivity index (χ1) is 15.0. The van der Waals surface area contributed by atoms with Crippen LogP contribution in [0.1, 0.15) is 23.5 Å². The van der Waals surface area contributed by atoms with Gasteiger partial charge in [0.2, 0.25) is 5.91 Å². The zero-order chi connectivity index (χ0) is 21.8. The summed E-state index contributed by atoms with van der Waals surface area (Å²) in [6.45, 7) is 2.04. The summed E-state index contributed by atoms with van der Waals surface area (Å²) in [5.41, 5.74) is 3.49. The number of aromatic nitrogens is 1. The molecule has 1 atom stereocenters. The molecule has 8 nitrogen and oxygen atoms in total. The molecule has 3 N–H and O–H groups in total. The van der Waals surface area contributed by atoms with Crippen LogP contribution >= 0.6 is 11.3 Å². The Morgan fingerprint density at radius 2 is 2.13 bits per heavy atom. The maximum absolute atomic E-state index is 12.3. The van der Waals surface area contributed by atoms with Gasteiger partial charge in [-0.2, -0.15) is 5.26 Å². The second kappa shape index (κ2) is 8.95. The summed E-state index contributed by atoms with van der Waals surface area (Å²) in [6.07, 6.45) is 0. The lowest BCUT2D eigenvalue weighted by atomic mass is 10.1. The van der Waals surface area contributed by atoms with E-state index in [9.17, 15) is 9.59 Å². The zero-order valence-electron chi connectivity index (χ0n) is 16.6. The van der Waals surface area contributed by atoms with Crippen LogP contribution in [0.3, 0.4) is 0 Å². The van der Waals surface area contributed by atoms with Crippen molar-refractivity contribution in [1.82, 2.24) is 10.3 Å². The van der Waals surface area contributed by atoms with Crippen LogP contribution in [-0.2, 0) is 9.59 Å². The summed E-state index contributed by atoms with van der Waals surface area (Å²) in [5, 5.41) is 20.4. The van der Waals surface area contributed by atoms with E-state index >= 15 is 0 Å². The molecule has 1 aliphatic rings. The van der Waals surface area contributed by atoms with Crippen molar-refractivity contribution >= 4 is 34.5 Å². The topological polar surface area (TPSA) is 116 Å². The summed E-state index contributed by atoms with van der Waals surface area (Å²) >= 11 is 1.51. The zero-order valence-corrected chi connectivity index (χ0v) is 17.5. The maximum Gasteiger partial charge on any atom is 0.262 e. The number of ether oxygens (including phenoxy) is 1. The van der Waals surface area contributed by atoms with Gasteiger partial charge in [-0.25, -0.2) is 4.98 Å². The highest BCUT2D eigenvalue weighted by Crippen LogP contribution is 2.30. The molecule has 0 aliphatic carbocycles. The molecule has 0 saturated carbocycles. The summed E-state index contributed by atoms with van der Waals surface area (Å²) in [5.74, 6) is 0.139. The summed E-state index contributed by atoms with van der Waals surface area (Å²) < 4.78 is 5.31. The molecule has 2 heterocycles. The highest BCUT2D eigenvalue weighted by atomic mass is 32.1. The largest absolute Gasteiger partial charge is 0.482 e. The first-order valence-electron chi connectivity index (χ1n) is 9.58. The molecular formula is C22H19N5O3S. The lowest BCUT2D eigenvalue weighted by molar-refractivity contribution is -0.118. The van der Waals surface area contributed by atoms with Gasteiger partial charge < -0.3 is 15.4 Å². The van der Waals surface area contributed by atoms with Crippen LogP contribution in [0.15, 0.2) is 47.8 Å². The van der Waals surface area contributed by atoms with Gasteiger partial charge in [0.25, 0.3) is 5.91 Å². The molecule has 0 radical (unpaired) electrons.